The smallest absolute Gasteiger partial charge is 0.253 e. The van der Waals surface area contributed by atoms with Crippen molar-refractivity contribution >= 4 is 11.6 Å². The van der Waals surface area contributed by atoms with Gasteiger partial charge >= 0.3 is 0 Å². The molecule has 2 aromatic rings. The van der Waals surface area contributed by atoms with Crippen molar-refractivity contribution in [3.05, 3.63) is 42.2 Å². The number of hydrogen-bond donors (Lipinski definition) is 2. The van der Waals surface area contributed by atoms with Gasteiger partial charge < -0.3 is 10.6 Å². The van der Waals surface area contributed by atoms with Gasteiger partial charge in [-0.25, -0.2) is 0 Å². The zero-order chi connectivity index (χ0) is 13.5. The maximum absolute atomic E-state index is 12.0. The van der Waals surface area contributed by atoms with Crippen LogP contribution in [0.4, 0.5) is 5.69 Å². The summed E-state index contributed by atoms with van der Waals surface area (Å²) in [5, 5.41) is 13.5. The lowest BCUT2D eigenvalue weighted by atomic mass is 10.1. The minimum atomic E-state index is -0.0662. The number of nitrogens with zero attached hydrogens (tertiary/aromatic N) is 3. The maximum Gasteiger partial charge on any atom is 0.253 e. The van der Waals surface area contributed by atoms with Crippen molar-refractivity contribution in [2.75, 3.05) is 18.9 Å². The molecule has 0 atom stereocenters. The van der Waals surface area contributed by atoms with Crippen LogP contribution in [0.3, 0.4) is 0 Å². The molecular weight excluding hydrogens is 242 g/mol. The Morgan fingerprint density at radius 2 is 2.21 bits per heavy atom. The highest BCUT2D eigenvalue weighted by molar-refractivity contribution is 5.99. The molecule has 1 heterocycles. The Bertz CT molecular complexity index is 524. The maximum atomic E-state index is 12.0. The molecule has 1 amide bonds. The fourth-order valence-corrected chi connectivity index (χ4v) is 1.79. The molecule has 0 spiro atoms. The third kappa shape index (κ3) is 3.54. The zero-order valence-electron chi connectivity index (χ0n) is 10.8. The van der Waals surface area contributed by atoms with Crippen LogP contribution in [0.25, 0.3) is 0 Å². The van der Waals surface area contributed by atoms with E-state index in [1.807, 2.05) is 18.2 Å². The highest BCUT2D eigenvalue weighted by Gasteiger charge is 2.08. The third-order valence-corrected chi connectivity index (χ3v) is 2.76. The molecule has 6 nitrogen and oxygen atoms in total. The molecule has 2 rings (SSSR count). The van der Waals surface area contributed by atoms with Gasteiger partial charge in [-0.05, 0) is 18.6 Å². The zero-order valence-corrected chi connectivity index (χ0v) is 10.8. The van der Waals surface area contributed by atoms with Crippen LogP contribution in [0.15, 0.2) is 36.7 Å². The molecule has 0 aliphatic rings. The number of nitrogens with one attached hydrogen (secondary N) is 2. The van der Waals surface area contributed by atoms with E-state index in [2.05, 4.69) is 20.9 Å². The van der Waals surface area contributed by atoms with Gasteiger partial charge in [0.15, 0.2) is 0 Å². The number of para-hydroxylation sites is 1. The normalized spacial score (nSPS) is 10.2. The average Bonchev–Trinajstić information content (AvgIpc) is 2.96. The summed E-state index contributed by atoms with van der Waals surface area (Å²) in [6, 6.07) is 7.43. The predicted octanol–water partition coefficient (Wildman–Crippen LogP) is 1.14. The van der Waals surface area contributed by atoms with Crippen molar-refractivity contribution in [3.63, 3.8) is 0 Å². The Morgan fingerprint density at radius 1 is 1.37 bits per heavy atom. The van der Waals surface area contributed by atoms with Crippen molar-refractivity contribution in [1.82, 2.24) is 20.3 Å². The summed E-state index contributed by atoms with van der Waals surface area (Å²) >= 11 is 0. The number of rotatable bonds is 6. The van der Waals surface area contributed by atoms with Gasteiger partial charge in [-0.1, -0.05) is 17.3 Å². The molecule has 6 heteroatoms. The number of aromatic nitrogens is 3. The van der Waals surface area contributed by atoms with Crippen LogP contribution in [0, 0.1) is 0 Å². The van der Waals surface area contributed by atoms with Gasteiger partial charge in [0.25, 0.3) is 5.91 Å². The SMILES string of the molecule is CNc1ccccc1C(=O)NCCCn1ccnn1. The monoisotopic (exact) mass is 259 g/mol. The number of anilines is 1. The molecule has 0 aliphatic carbocycles. The average molecular weight is 259 g/mol. The van der Waals surface area contributed by atoms with Crippen LogP contribution < -0.4 is 10.6 Å². The number of amides is 1. The first kappa shape index (κ1) is 13.1. The first-order valence-corrected chi connectivity index (χ1v) is 6.20. The first-order chi connectivity index (χ1) is 9.31. The van der Waals surface area contributed by atoms with Crippen molar-refractivity contribution in [1.29, 1.82) is 0 Å². The van der Waals surface area contributed by atoms with Gasteiger partial charge in [0.1, 0.15) is 0 Å². The van der Waals surface area contributed by atoms with Gasteiger partial charge in [-0.3, -0.25) is 9.48 Å². The minimum absolute atomic E-state index is 0.0662. The number of hydrogen-bond acceptors (Lipinski definition) is 4. The predicted molar refractivity (Wildman–Crippen MR) is 73.0 cm³/mol. The summed E-state index contributed by atoms with van der Waals surface area (Å²) in [5.74, 6) is -0.0662. The van der Waals surface area contributed by atoms with E-state index in [1.165, 1.54) is 0 Å². The van der Waals surface area contributed by atoms with Crippen LogP contribution in [-0.2, 0) is 6.54 Å². The summed E-state index contributed by atoms with van der Waals surface area (Å²) < 4.78 is 1.74. The Balaban J connectivity index is 1.81. The lowest BCUT2D eigenvalue weighted by Gasteiger charge is -2.09. The molecule has 0 fully saturated rings. The highest BCUT2D eigenvalue weighted by atomic mass is 16.1. The van der Waals surface area contributed by atoms with Crippen molar-refractivity contribution in [2.45, 2.75) is 13.0 Å². The Morgan fingerprint density at radius 3 is 2.95 bits per heavy atom. The lowest BCUT2D eigenvalue weighted by molar-refractivity contribution is 0.0953. The van der Waals surface area contributed by atoms with Gasteiger partial charge in [0.05, 0.1) is 11.8 Å². The Kier molecular flexibility index (Phi) is 4.49. The minimum Gasteiger partial charge on any atom is -0.387 e. The second-order valence-electron chi connectivity index (χ2n) is 4.07. The molecule has 0 saturated carbocycles. The van der Waals surface area contributed by atoms with Crippen molar-refractivity contribution < 1.29 is 4.79 Å². The number of benzene rings is 1. The van der Waals surface area contributed by atoms with Crippen LogP contribution in [-0.4, -0.2) is 34.5 Å². The van der Waals surface area contributed by atoms with E-state index in [1.54, 1.807) is 30.2 Å². The molecule has 1 aromatic heterocycles. The van der Waals surface area contributed by atoms with E-state index in [0.717, 1.165) is 18.7 Å². The Hall–Kier alpha value is -2.37. The van der Waals surface area contributed by atoms with E-state index in [-0.39, 0.29) is 5.91 Å². The van der Waals surface area contributed by atoms with Gasteiger partial charge in [-0.2, -0.15) is 0 Å². The van der Waals surface area contributed by atoms with Gasteiger partial charge in [0.2, 0.25) is 0 Å². The summed E-state index contributed by atoms with van der Waals surface area (Å²) in [4.78, 5) is 12.0. The van der Waals surface area contributed by atoms with Crippen LogP contribution in [0.1, 0.15) is 16.8 Å². The van der Waals surface area contributed by atoms with Crippen LogP contribution in [0.5, 0.6) is 0 Å². The summed E-state index contributed by atoms with van der Waals surface area (Å²) in [6.45, 7) is 1.35. The molecule has 19 heavy (non-hydrogen) atoms. The van der Waals surface area contributed by atoms with Crippen molar-refractivity contribution in [3.8, 4) is 0 Å². The molecule has 2 N–H and O–H groups in total. The highest BCUT2D eigenvalue weighted by Crippen LogP contribution is 2.13. The van der Waals surface area contributed by atoms with E-state index in [0.29, 0.717) is 12.1 Å². The molecule has 0 bridgehead atoms. The molecule has 0 aliphatic heterocycles. The fourth-order valence-electron chi connectivity index (χ4n) is 1.79. The topological polar surface area (TPSA) is 71.8 Å². The van der Waals surface area contributed by atoms with Gasteiger partial charge in [0, 0.05) is 32.0 Å². The second kappa shape index (κ2) is 6.53. The quantitative estimate of drug-likeness (QED) is 0.763. The molecule has 0 radical (unpaired) electrons. The molecule has 0 unspecified atom stereocenters. The summed E-state index contributed by atoms with van der Waals surface area (Å²) in [5.41, 5.74) is 1.49. The summed E-state index contributed by atoms with van der Waals surface area (Å²) in [6.07, 6.45) is 4.26. The number of carbonyl (C=O) groups is 1. The van der Waals surface area contributed by atoms with E-state index >= 15 is 0 Å². The third-order valence-electron chi connectivity index (χ3n) is 2.76. The van der Waals surface area contributed by atoms with Gasteiger partial charge in [-0.15, -0.1) is 5.10 Å². The largest absolute Gasteiger partial charge is 0.387 e. The Labute approximate surface area is 111 Å². The first-order valence-electron chi connectivity index (χ1n) is 6.20. The van der Waals surface area contributed by atoms with E-state index in [9.17, 15) is 4.79 Å². The lowest BCUT2D eigenvalue weighted by Crippen LogP contribution is -2.26. The van der Waals surface area contributed by atoms with Crippen LogP contribution in [0.2, 0.25) is 0 Å². The molecular formula is C13H17N5O. The van der Waals surface area contributed by atoms with E-state index < -0.39 is 0 Å². The number of carbonyl (C=O) groups excluding carboxylic acids is 1. The standard InChI is InChI=1S/C13H17N5O/c1-14-12-6-3-2-5-11(12)13(19)15-7-4-9-18-10-8-16-17-18/h2-3,5-6,8,10,14H,4,7,9H2,1H3,(H,15,19). The fraction of sp³-hybridized carbons (Fsp3) is 0.308. The molecule has 0 saturated heterocycles. The van der Waals surface area contributed by atoms with E-state index in [4.69, 9.17) is 0 Å². The summed E-state index contributed by atoms with van der Waals surface area (Å²) in [7, 11) is 1.80. The number of aryl methyl sites for hydroxylation is 1. The molecule has 1 aromatic carbocycles. The van der Waals surface area contributed by atoms with Crippen molar-refractivity contribution in [2.24, 2.45) is 0 Å². The molecule has 100 valence electrons. The second-order valence-corrected chi connectivity index (χ2v) is 4.07. The van der Waals surface area contributed by atoms with Crippen LogP contribution >= 0.6 is 0 Å².